The van der Waals surface area contributed by atoms with Gasteiger partial charge < -0.3 is 0 Å². The summed E-state index contributed by atoms with van der Waals surface area (Å²) in [6, 6.07) is 10.1. The fraction of sp³-hybridized carbons (Fsp3) is 0. The van der Waals surface area contributed by atoms with Gasteiger partial charge in [0.25, 0.3) is 0 Å². The standard InChI is InChI=1S/C6H7P.2BrH/c7-6-4-2-1-3-5-6;;/h1-5H,7H2;2*1H. The van der Waals surface area contributed by atoms with Crippen LogP contribution in [-0.4, -0.2) is 0 Å². The molecule has 0 N–H and O–H groups in total. The SMILES string of the molecule is Br.Br.Pc1ccccc1. The van der Waals surface area contributed by atoms with Crippen molar-refractivity contribution < 1.29 is 0 Å². The summed E-state index contributed by atoms with van der Waals surface area (Å²) in [5, 5.41) is 1.24. The quantitative estimate of drug-likeness (QED) is 0.636. The fourth-order valence-corrected chi connectivity index (χ4v) is 0.675. The Morgan fingerprint density at radius 3 is 1.56 bits per heavy atom. The second-order valence-electron chi connectivity index (χ2n) is 1.41. The van der Waals surface area contributed by atoms with Crippen molar-refractivity contribution in [2.45, 2.75) is 0 Å². The van der Waals surface area contributed by atoms with E-state index in [2.05, 4.69) is 9.24 Å². The molecular formula is C6H9Br2P. The molecule has 0 nitrogen and oxygen atoms in total. The molecule has 0 aliphatic carbocycles. The van der Waals surface area contributed by atoms with Crippen LogP contribution in [0, 0.1) is 0 Å². The Hall–Kier alpha value is 0.610. The predicted octanol–water partition coefficient (Wildman–Crippen LogP) is 2.34. The van der Waals surface area contributed by atoms with Crippen LogP contribution in [0.5, 0.6) is 0 Å². The van der Waals surface area contributed by atoms with Crippen LogP contribution in [0.3, 0.4) is 0 Å². The summed E-state index contributed by atoms with van der Waals surface area (Å²) in [6.45, 7) is 0. The van der Waals surface area contributed by atoms with Crippen molar-refractivity contribution in [1.82, 2.24) is 0 Å². The van der Waals surface area contributed by atoms with Gasteiger partial charge in [-0.25, -0.2) is 0 Å². The zero-order valence-electron chi connectivity index (χ0n) is 4.78. The van der Waals surface area contributed by atoms with Crippen LogP contribution in [-0.2, 0) is 0 Å². The molecule has 0 saturated carbocycles. The van der Waals surface area contributed by atoms with E-state index in [1.807, 2.05) is 30.3 Å². The van der Waals surface area contributed by atoms with Crippen LogP contribution in [0.2, 0.25) is 0 Å². The third-order valence-electron chi connectivity index (χ3n) is 0.800. The van der Waals surface area contributed by atoms with Gasteiger partial charge in [0, 0.05) is 0 Å². The lowest BCUT2D eigenvalue weighted by atomic mass is 10.4. The third kappa shape index (κ3) is 5.07. The average molecular weight is 272 g/mol. The summed E-state index contributed by atoms with van der Waals surface area (Å²) < 4.78 is 0. The summed E-state index contributed by atoms with van der Waals surface area (Å²) in [7, 11) is 2.63. The zero-order chi connectivity index (χ0) is 5.11. The van der Waals surface area contributed by atoms with Gasteiger partial charge in [-0.2, -0.15) is 0 Å². The number of hydrogen-bond acceptors (Lipinski definition) is 0. The molecular weight excluding hydrogens is 263 g/mol. The maximum Gasteiger partial charge on any atom is -0.0303 e. The maximum atomic E-state index is 2.63. The van der Waals surface area contributed by atoms with E-state index in [0.717, 1.165) is 0 Å². The summed E-state index contributed by atoms with van der Waals surface area (Å²) in [5.41, 5.74) is 0. The molecule has 0 bridgehead atoms. The highest BCUT2D eigenvalue weighted by atomic mass is 79.9. The molecule has 0 aromatic heterocycles. The van der Waals surface area contributed by atoms with Gasteiger partial charge >= 0.3 is 0 Å². The van der Waals surface area contributed by atoms with E-state index < -0.39 is 0 Å². The van der Waals surface area contributed by atoms with Gasteiger partial charge in [0.2, 0.25) is 0 Å². The van der Waals surface area contributed by atoms with Crippen molar-refractivity contribution in [3.63, 3.8) is 0 Å². The van der Waals surface area contributed by atoms with Gasteiger partial charge in [-0.1, -0.05) is 30.3 Å². The van der Waals surface area contributed by atoms with Crippen molar-refractivity contribution in [3.8, 4) is 0 Å². The highest BCUT2D eigenvalue weighted by Crippen LogP contribution is 1.86. The fourth-order valence-electron chi connectivity index (χ4n) is 0.453. The first-order valence-electron chi connectivity index (χ1n) is 2.20. The van der Waals surface area contributed by atoms with Gasteiger partial charge in [0.05, 0.1) is 0 Å². The lowest BCUT2D eigenvalue weighted by molar-refractivity contribution is 1.78. The Bertz CT molecular complexity index is 141. The van der Waals surface area contributed by atoms with Gasteiger partial charge in [-0.15, -0.1) is 43.2 Å². The van der Waals surface area contributed by atoms with Crippen LogP contribution < -0.4 is 5.30 Å². The summed E-state index contributed by atoms with van der Waals surface area (Å²) in [4.78, 5) is 0. The molecule has 3 heteroatoms. The molecule has 0 aliphatic rings. The number of benzene rings is 1. The highest BCUT2D eigenvalue weighted by molar-refractivity contribution is 8.93. The molecule has 52 valence electrons. The summed E-state index contributed by atoms with van der Waals surface area (Å²) >= 11 is 0. The molecule has 1 unspecified atom stereocenters. The van der Waals surface area contributed by atoms with E-state index in [-0.39, 0.29) is 34.0 Å². The largest absolute Gasteiger partial charge is 0.114 e. The Balaban J connectivity index is 0. The normalized spacial score (nSPS) is 6.78. The van der Waals surface area contributed by atoms with E-state index in [9.17, 15) is 0 Å². The van der Waals surface area contributed by atoms with Crippen molar-refractivity contribution in [2.75, 3.05) is 0 Å². The van der Waals surface area contributed by atoms with Crippen molar-refractivity contribution in [1.29, 1.82) is 0 Å². The van der Waals surface area contributed by atoms with Gasteiger partial charge in [-0.05, 0) is 5.30 Å². The number of halogens is 2. The van der Waals surface area contributed by atoms with Crippen molar-refractivity contribution >= 4 is 48.5 Å². The van der Waals surface area contributed by atoms with Gasteiger partial charge in [0.15, 0.2) is 0 Å². The predicted molar refractivity (Wildman–Crippen MR) is 56.4 cm³/mol. The third-order valence-corrected chi connectivity index (χ3v) is 1.18. The minimum atomic E-state index is 0. The second-order valence-corrected chi connectivity index (χ2v) is 2.08. The van der Waals surface area contributed by atoms with Crippen molar-refractivity contribution in [3.05, 3.63) is 30.3 Å². The van der Waals surface area contributed by atoms with E-state index in [4.69, 9.17) is 0 Å². The zero-order valence-corrected chi connectivity index (χ0v) is 9.36. The Morgan fingerprint density at radius 1 is 0.889 bits per heavy atom. The van der Waals surface area contributed by atoms with E-state index in [1.165, 1.54) is 5.30 Å². The monoisotopic (exact) mass is 270 g/mol. The molecule has 1 aromatic carbocycles. The Labute approximate surface area is 78.8 Å². The smallest absolute Gasteiger partial charge is 0.0303 e. The molecule has 0 spiro atoms. The van der Waals surface area contributed by atoms with Crippen molar-refractivity contribution in [2.24, 2.45) is 0 Å². The lowest BCUT2D eigenvalue weighted by Crippen LogP contribution is -1.82. The van der Waals surface area contributed by atoms with E-state index in [1.54, 1.807) is 0 Å². The molecule has 0 fully saturated rings. The Morgan fingerprint density at radius 2 is 1.33 bits per heavy atom. The lowest BCUT2D eigenvalue weighted by Gasteiger charge is -1.82. The minimum Gasteiger partial charge on any atom is -0.114 e. The summed E-state index contributed by atoms with van der Waals surface area (Å²) in [5.74, 6) is 0. The first-order valence-corrected chi connectivity index (χ1v) is 2.78. The highest BCUT2D eigenvalue weighted by Gasteiger charge is 1.72. The first kappa shape index (κ1) is 12.3. The number of hydrogen-bond donors (Lipinski definition) is 0. The van der Waals surface area contributed by atoms with Gasteiger partial charge in [-0.3, -0.25) is 0 Å². The molecule has 0 saturated heterocycles. The second kappa shape index (κ2) is 6.73. The van der Waals surface area contributed by atoms with E-state index in [0.29, 0.717) is 0 Å². The average Bonchev–Trinajstić information content (AvgIpc) is 1.69. The summed E-state index contributed by atoms with van der Waals surface area (Å²) in [6.07, 6.45) is 0. The first-order chi connectivity index (χ1) is 3.39. The van der Waals surface area contributed by atoms with E-state index >= 15 is 0 Å². The molecule has 0 aliphatic heterocycles. The molecule has 0 amide bonds. The molecule has 1 aromatic rings. The van der Waals surface area contributed by atoms with Crippen LogP contribution in [0.4, 0.5) is 0 Å². The molecule has 1 atom stereocenters. The minimum absolute atomic E-state index is 0. The molecule has 0 radical (unpaired) electrons. The van der Waals surface area contributed by atoms with Crippen LogP contribution in [0.25, 0.3) is 0 Å². The van der Waals surface area contributed by atoms with Crippen LogP contribution in [0.1, 0.15) is 0 Å². The number of rotatable bonds is 0. The molecule has 1 rings (SSSR count). The van der Waals surface area contributed by atoms with Crippen LogP contribution >= 0.6 is 43.2 Å². The maximum absolute atomic E-state index is 2.63. The van der Waals surface area contributed by atoms with Crippen LogP contribution in [0.15, 0.2) is 30.3 Å². The molecule has 0 heterocycles. The molecule has 9 heavy (non-hydrogen) atoms. The topological polar surface area (TPSA) is 0 Å². The van der Waals surface area contributed by atoms with Gasteiger partial charge in [0.1, 0.15) is 0 Å². The Kier molecular flexibility index (Phi) is 9.19.